The summed E-state index contributed by atoms with van der Waals surface area (Å²) in [5.74, 6) is 1.06. The first-order valence-corrected chi connectivity index (χ1v) is 8.35. The second-order valence-electron chi connectivity index (χ2n) is 4.99. The summed E-state index contributed by atoms with van der Waals surface area (Å²) >= 11 is 9.14. The normalized spacial score (nSPS) is 13.0. The molecule has 0 fully saturated rings. The maximum atomic E-state index is 13.7. The van der Waals surface area contributed by atoms with Crippen molar-refractivity contribution in [3.05, 3.63) is 28.2 Å². The van der Waals surface area contributed by atoms with Gasteiger partial charge in [-0.15, -0.1) is 11.6 Å². The van der Waals surface area contributed by atoms with Gasteiger partial charge < -0.3 is 9.30 Å². The second kappa shape index (κ2) is 7.56. The van der Waals surface area contributed by atoms with Crippen LogP contribution in [0.25, 0.3) is 11.0 Å². The topological polar surface area (TPSA) is 27.1 Å². The van der Waals surface area contributed by atoms with Crippen molar-refractivity contribution in [3.8, 4) is 0 Å². The van der Waals surface area contributed by atoms with Gasteiger partial charge in [-0.1, -0.05) is 13.3 Å². The van der Waals surface area contributed by atoms with Gasteiger partial charge in [0.05, 0.1) is 28.2 Å². The Morgan fingerprint density at radius 1 is 1.48 bits per heavy atom. The van der Waals surface area contributed by atoms with Crippen LogP contribution in [0.15, 0.2) is 16.6 Å². The van der Waals surface area contributed by atoms with Crippen LogP contribution < -0.4 is 0 Å². The number of aromatic nitrogens is 2. The van der Waals surface area contributed by atoms with Crippen LogP contribution in [0.1, 0.15) is 31.6 Å². The third kappa shape index (κ3) is 3.58. The van der Waals surface area contributed by atoms with E-state index < -0.39 is 0 Å². The van der Waals surface area contributed by atoms with Gasteiger partial charge in [0.15, 0.2) is 0 Å². The highest BCUT2D eigenvalue weighted by Gasteiger charge is 2.19. The minimum atomic E-state index is -0.302. The fraction of sp³-hybridized carbons (Fsp3) is 0.533. The number of halogens is 3. The predicted molar refractivity (Wildman–Crippen MR) is 87.6 cm³/mol. The molecule has 1 unspecified atom stereocenters. The second-order valence-corrected chi connectivity index (χ2v) is 6.22. The SMILES string of the molecule is CCCC(COC)n1c(CCCl)nc2cc(F)c(Br)cc21. The fourth-order valence-corrected chi connectivity index (χ4v) is 3.12. The number of methoxy groups -OCH3 is 1. The summed E-state index contributed by atoms with van der Waals surface area (Å²) in [5.41, 5.74) is 1.58. The fourth-order valence-electron chi connectivity index (χ4n) is 2.62. The van der Waals surface area contributed by atoms with Crippen LogP contribution in [0, 0.1) is 5.82 Å². The number of benzene rings is 1. The number of fused-ring (bicyclic) bond motifs is 1. The van der Waals surface area contributed by atoms with Crippen LogP contribution in [0.5, 0.6) is 0 Å². The zero-order valence-electron chi connectivity index (χ0n) is 12.2. The standard InChI is InChI=1S/C15H19BrClFN2O/c1-3-4-10(9-21-2)20-14-7-11(16)12(18)8-13(14)19-15(20)5-6-17/h7-8,10H,3-6,9H2,1-2H3. The average molecular weight is 378 g/mol. The quantitative estimate of drug-likeness (QED) is 0.654. The molecule has 1 heterocycles. The average Bonchev–Trinajstić information content (AvgIpc) is 2.77. The Kier molecular flexibility index (Phi) is 6.02. The van der Waals surface area contributed by atoms with Crippen molar-refractivity contribution in [1.82, 2.24) is 9.55 Å². The maximum absolute atomic E-state index is 13.7. The molecule has 21 heavy (non-hydrogen) atoms. The number of alkyl halides is 1. The maximum Gasteiger partial charge on any atom is 0.139 e. The van der Waals surface area contributed by atoms with Crippen LogP contribution in [0.2, 0.25) is 0 Å². The van der Waals surface area contributed by atoms with Crippen molar-refractivity contribution in [2.75, 3.05) is 19.6 Å². The molecule has 6 heteroatoms. The molecule has 0 spiro atoms. The van der Waals surface area contributed by atoms with Crippen molar-refractivity contribution >= 4 is 38.6 Å². The van der Waals surface area contributed by atoms with Gasteiger partial charge in [-0.3, -0.25) is 0 Å². The minimum absolute atomic E-state index is 0.181. The molecule has 0 aliphatic heterocycles. The molecule has 2 rings (SSSR count). The van der Waals surface area contributed by atoms with E-state index in [-0.39, 0.29) is 11.9 Å². The Bertz CT molecular complexity index is 611. The summed E-state index contributed by atoms with van der Waals surface area (Å²) in [6, 6.07) is 3.43. The van der Waals surface area contributed by atoms with Gasteiger partial charge >= 0.3 is 0 Å². The van der Waals surface area contributed by atoms with E-state index in [0.717, 1.165) is 24.2 Å². The molecule has 1 aromatic heterocycles. The Morgan fingerprint density at radius 2 is 2.24 bits per heavy atom. The minimum Gasteiger partial charge on any atom is -0.383 e. The van der Waals surface area contributed by atoms with E-state index in [9.17, 15) is 4.39 Å². The highest BCUT2D eigenvalue weighted by molar-refractivity contribution is 9.10. The van der Waals surface area contributed by atoms with Gasteiger partial charge in [-0.2, -0.15) is 0 Å². The molecule has 0 aliphatic rings. The van der Waals surface area contributed by atoms with E-state index in [1.54, 1.807) is 13.2 Å². The van der Waals surface area contributed by atoms with Crippen LogP contribution in [-0.2, 0) is 11.2 Å². The molecule has 0 saturated heterocycles. The molecule has 0 aliphatic carbocycles. The highest BCUT2D eigenvalue weighted by Crippen LogP contribution is 2.29. The number of aryl methyl sites for hydroxylation is 1. The van der Waals surface area contributed by atoms with Gasteiger partial charge in [0.1, 0.15) is 11.6 Å². The van der Waals surface area contributed by atoms with E-state index >= 15 is 0 Å². The van der Waals surface area contributed by atoms with Gasteiger partial charge in [0, 0.05) is 25.5 Å². The van der Waals surface area contributed by atoms with Crippen molar-refractivity contribution in [1.29, 1.82) is 0 Å². The summed E-state index contributed by atoms with van der Waals surface area (Å²) in [5, 5.41) is 0. The number of ether oxygens (including phenoxy) is 1. The smallest absolute Gasteiger partial charge is 0.139 e. The lowest BCUT2D eigenvalue weighted by atomic mass is 10.1. The first-order valence-electron chi connectivity index (χ1n) is 7.03. The number of imidazole rings is 1. The summed E-state index contributed by atoms with van der Waals surface area (Å²) in [4.78, 5) is 4.55. The number of rotatable bonds is 7. The lowest BCUT2D eigenvalue weighted by Crippen LogP contribution is -2.17. The van der Waals surface area contributed by atoms with Crippen molar-refractivity contribution in [2.24, 2.45) is 0 Å². The zero-order chi connectivity index (χ0) is 15.4. The molecule has 116 valence electrons. The van der Waals surface area contributed by atoms with Crippen molar-refractivity contribution in [3.63, 3.8) is 0 Å². The van der Waals surface area contributed by atoms with Crippen molar-refractivity contribution in [2.45, 2.75) is 32.2 Å². The van der Waals surface area contributed by atoms with Gasteiger partial charge in [-0.25, -0.2) is 9.37 Å². The lowest BCUT2D eigenvalue weighted by Gasteiger charge is -2.20. The summed E-state index contributed by atoms with van der Waals surface area (Å²) in [7, 11) is 1.69. The summed E-state index contributed by atoms with van der Waals surface area (Å²) in [6.45, 7) is 2.74. The van der Waals surface area contributed by atoms with E-state index in [1.165, 1.54) is 6.07 Å². The summed E-state index contributed by atoms with van der Waals surface area (Å²) in [6.07, 6.45) is 2.67. The van der Waals surface area contributed by atoms with Crippen LogP contribution in [-0.4, -0.2) is 29.1 Å². The molecular formula is C15H19BrClFN2O. The molecule has 1 atom stereocenters. The Morgan fingerprint density at radius 3 is 2.86 bits per heavy atom. The largest absolute Gasteiger partial charge is 0.383 e. The van der Waals surface area contributed by atoms with Crippen LogP contribution >= 0.6 is 27.5 Å². The Labute approximate surface area is 137 Å². The predicted octanol–water partition coefficient (Wildman–Crippen LogP) is 4.71. The molecule has 0 radical (unpaired) electrons. The zero-order valence-corrected chi connectivity index (χ0v) is 14.5. The third-order valence-corrected chi connectivity index (χ3v) is 4.27. The number of hydrogen-bond donors (Lipinski definition) is 0. The molecular weight excluding hydrogens is 359 g/mol. The van der Waals surface area contributed by atoms with Crippen LogP contribution in [0.4, 0.5) is 4.39 Å². The van der Waals surface area contributed by atoms with E-state index in [1.807, 2.05) is 0 Å². The van der Waals surface area contributed by atoms with E-state index in [2.05, 4.69) is 32.4 Å². The summed E-state index contributed by atoms with van der Waals surface area (Å²) < 4.78 is 21.7. The monoisotopic (exact) mass is 376 g/mol. The lowest BCUT2D eigenvalue weighted by molar-refractivity contribution is 0.151. The van der Waals surface area contributed by atoms with E-state index in [0.29, 0.717) is 28.9 Å². The Hall–Kier alpha value is -0.650. The van der Waals surface area contributed by atoms with Gasteiger partial charge in [0.2, 0.25) is 0 Å². The molecule has 0 bridgehead atoms. The molecule has 0 amide bonds. The molecule has 3 nitrogen and oxygen atoms in total. The highest BCUT2D eigenvalue weighted by atomic mass is 79.9. The number of nitrogens with zero attached hydrogens (tertiary/aromatic N) is 2. The molecule has 0 saturated carbocycles. The third-order valence-electron chi connectivity index (χ3n) is 3.47. The van der Waals surface area contributed by atoms with Crippen molar-refractivity contribution < 1.29 is 9.13 Å². The van der Waals surface area contributed by atoms with E-state index in [4.69, 9.17) is 16.3 Å². The molecule has 1 aromatic carbocycles. The van der Waals surface area contributed by atoms with Crippen LogP contribution in [0.3, 0.4) is 0 Å². The first-order chi connectivity index (χ1) is 10.1. The van der Waals surface area contributed by atoms with Gasteiger partial charge in [-0.05, 0) is 28.4 Å². The molecule has 0 N–H and O–H groups in total. The first kappa shape index (κ1) is 16.7. The number of hydrogen-bond acceptors (Lipinski definition) is 2. The molecule has 2 aromatic rings. The van der Waals surface area contributed by atoms with Gasteiger partial charge in [0.25, 0.3) is 0 Å². The Balaban J connectivity index is 2.60.